The number of carbonyl (C=O) groups excluding carboxylic acids is 2. The summed E-state index contributed by atoms with van der Waals surface area (Å²) < 4.78 is 2.10. The zero-order valence-electron chi connectivity index (χ0n) is 15.7. The van der Waals surface area contributed by atoms with Crippen molar-refractivity contribution >= 4 is 39.7 Å². The van der Waals surface area contributed by atoms with Gasteiger partial charge < -0.3 is 14.5 Å². The number of nitrogens with one attached hydrogen (secondary N) is 1. The molecule has 2 aliphatic rings. The Balaban J connectivity index is 1.19. The predicted molar refractivity (Wildman–Crippen MR) is 110 cm³/mol. The maximum absolute atomic E-state index is 13.1. The number of hydrogen-bond donors (Lipinski definition) is 1. The van der Waals surface area contributed by atoms with Crippen LogP contribution in [0.5, 0.6) is 0 Å². The van der Waals surface area contributed by atoms with Gasteiger partial charge in [0.05, 0.1) is 22.5 Å². The van der Waals surface area contributed by atoms with Crippen LogP contribution < -0.4 is 4.90 Å². The summed E-state index contributed by atoms with van der Waals surface area (Å²) in [5.74, 6) is 0.579. The van der Waals surface area contributed by atoms with Crippen LogP contribution in [0.2, 0.25) is 0 Å². The van der Waals surface area contributed by atoms with Gasteiger partial charge in [-0.3, -0.25) is 14.5 Å². The van der Waals surface area contributed by atoms with Crippen molar-refractivity contribution < 1.29 is 9.59 Å². The van der Waals surface area contributed by atoms with Crippen molar-refractivity contribution in [3.8, 4) is 0 Å². The van der Waals surface area contributed by atoms with Gasteiger partial charge in [-0.2, -0.15) is 0 Å². The van der Waals surface area contributed by atoms with Gasteiger partial charge in [0.15, 0.2) is 0 Å². The van der Waals surface area contributed by atoms with Crippen LogP contribution in [0, 0.1) is 5.92 Å². The topological polar surface area (TPSA) is 74.2 Å². The fourth-order valence-corrected chi connectivity index (χ4v) is 4.44. The molecule has 4 aromatic rings. The van der Waals surface area contributed by atoms with E-state index >= 15 is 0 Å². The van der Waals surface area contributed by atoms with E-state index < -0.39 is 0 Å². The van der Waals surface area contributed by atoms with Crippen molar-refractivity contribution in [1.29, 1.82) is 0 Å². The van der Waals surface area contributed by atoms with E-state index in [0.29, 0.717) is 25.2 Å². The molecule has 1 saturated heterocycles. The number of fused-ring (bicyclic) bond motifs is 4. The van der Waals surface area contributed by atoms with E-state index in [2.05, 4.69) is 14.5 Å². The van der Waals surface area contributed by atoms with Gasteiger partial charge in [0.2, 0.25) is 11.9 Å². The Morgan fingerprint density at radius 1 is 1.00 bits per heavy atom. The minimum absolute atomic E-state index is 0.0276. The molecule has 0 radical (unpaired) electrons. The molecule has 0 spiro atoms. The second-order valence-corrected chi connectivity index (χ2v) is 7.70. The molecule has 1 N–H and O–H groups in total. The Labute approximate surface area is 166 Å². The standard InChI is InChI=1S/C22H19N5O2/c28-20(27-10-9-26-19-8-4-3-7-18(19)24-22(26)27)14-12-25(13-14)21(29)16-11-23-17-6-2-1-5-15(16)17/h1-8,11,14,23H,9-10,12-13H2. The van der Waals surface area contributed by atoms with Crippen molar-refractivity contribution in [3.63, 3.8) is 0 Å². The molecule has 0 unspecified atom stereocenters. The van der Waals surface area contributed by atoms with Gasteiger partial charge in [-0.05, 0) is 18.2 Å². The van der Waals surface area contributed by atoms with E-state index in [1.807, 2.05) is 48.5 Å². The van der Waals surface area contributed by atoms with Gasteiger partial charge in [0, 0.05) is 43.3 Å². The number of nitrogens with zero attached hydrogens (tertiary/aromatic N) is 4. The summed E-state index contributed by atoms with van der Waals surface area (Å²) in [6, 6.07) is 15.7. The molecule has 0 atom stereocenters. The van der Waals surface area contributed by atoms with Crippen molar-refractivity contribution in [2.45, 2.75) is 6.54 Å². The molecule has 0 saturated carbocycles. The fraction of sp³-hybridized carbons (Fsp3) is 0.227. The van der Waals surface area contributed by atoms with Crippen LogP contribution in [-0.2, 0) is 11.3 Å². The van der Waals surface area contributed by atoms with Gasteiger partial charge in [-0.25, -0.2) is 4.98 Å². The van der Waals surface area contributed by atoms with Crippen LogP contribution in [0.15, 0.2) is 54.7 Å². The largest absolute Gasteiger partial charge is 0.360 e. The van der Waals surface area contributed by atoms with E-state index in [1.54, 1.807) is 16.0 Å². The highest BCUT2D eigenvalue weighted by atomic mass is 16.2. The van der Waals surface area contributed by atoms with Crippen molar-refractivity contribution in [2.75, 3.05) is 24.5 Å². The van der Waals surface area contributed by atoms with Crippen molar-refractivity contribution in [3.05, 3.63) is 60.3 Å². The van der Waals surface area contributed by atoms with Gasteiger partial charge in [0.1, 0.15) is 0 Å². The van der Waals surface area contributed by atoms with Gasteiger partial charge >= 0.3 is 0 Å². The van der Waals surface area contributed by atoms with E-state index in [0.717, 1.165) is 34.4 Å². The van der Waals surface area contributed by atoms with Crippen LogP contribution in [0.3, 0.4) is 0 Å². The van der Waals surface area contributed by atoms with Crippen molar-refractivity contribution in [1.82, 2.24) is 19.4 Å². The Morgan fingerprint density at radius 3 is 2.69 bits per heavy atom. The minimum Gasteiger partial charge on any atom is -0.360 e. The first kappa shape index (κ1) is 16.4. The number of amides is 2. The molecule has 1 fully saturated rings. The summed E-state index contributed by atoms with van der Waals surface area (Å²) in [5, 5.41) is 0.917. The lowest BCUT2D eigenvalue weighted by molar-refractivity contribution is -0.126. The fourth-order valence-electron chi connectivity index (χ4n) is 4.44. The average Bonchev–Trinajstić information content (AvgIpc) is 3.39. The molecule has 2 aromatic carbocycles. The number of H-pyrrole nitrogens is 1. The molecule has 29 heavy (non-hydrogen) atoms. The van der Waals surface area contributed by atoms with E-state index in [1.165, 1.54) is 0 Å². The second-order valence-electron chi connectivity index (χ2n) is 7.70. The van der Waals surface area contributed by atoms with Gasteiger partial charge in [-0.1, -0.05) is 30.3 Å². The molecule has 144 valence electrons. The SMILES string of the molecule is O=C(c1c[nH]c2ccccc12)N1CC(C(=O)N2CCn3c2nc2ccccc23)C1. The zero-order chi connectivity index (χ0) is 19.5. The number of likely N-dealkylation sites (tertiary alicyclic amines) is 1. The van der Waals surface area contributed by atoms with E-state index in [4.69, 9.17) is 0 Å². The predicted octanol–water partition coefficient (Wildman–Crippen LogP) is 2.64. The zero-order valence-corrected chi connectivity index (χ0v) is 15.7. The second kappa shape index (κ2) is 5.94. The van der Waals surface area contributed by atoms with Crippen LogP contribution in [-0.4, -0.2) is 50.9 Å². The molecular formula is C22H19N5O2. The molecule has 2 amide bonds. The summed E-state index contributed by atoms with van der Waals surface area (Å²) in [7, 11) is 0. The molecule has 7 heteroatoms. The summed E-state index contributed by atoms with van der Waals surface area (Å²) in [6.45, 7) is 2.30. The summed E-state index contributed by atoms with van der Waals surface area (Å²) in [5.41, 5.74) is 3.57. The van der Waals surface area contributed by atoms with Crippen molar-refractivity contribution in [2.24, 2.45) is 5.92 Å². The van der Waals surface area contributed by atoms with Gasteiger partial charge in [-0.15, -0.1) is 0 Å². The summed E-state index contributed by atoms with van der Waals surface area (Å²) in [6.07, 6.45) is 1.75. The van der Waals surface area contributed by atoms with Crippen LogP contribution in [0.4, 0.5) is 5.95 Å². The number of aromatic amines is 1. The molecule has 2 aliphatic heterocycles. The van der Waals surface area contributed by atoms with Crippen LogP contribution in [0.1, 0.15) is 10.4 Å². The number of imidazole rings is 1. The number of para-hydroxylation sites is 3. The molecule has 0 aliphatic carbocycles. The average molecular weight is 385 g/mol. The maximum atomic E-state index is 13.1. The molecule has 0 bridgehead atoms. The highest BCUT2D eigenvalue weighted by Crippen LogP contribution is 2.31. The Bertz CT molecular complexity index is 1280. The normalized spacial score (nSPS) is 16.4. The molecule has 2 aromatic heterocycles. The quantitative estimate of drug-likeness (QED) is 0.576. The first-order valence-electron chi connectivity index (χ1n) is 9.83. The third kappa shape index (κ3) is 2.33. The van der Waals surface area contributed by atoms with Crippen LogP contribution in [0.25, 0.3) is 21.9 Å². The minimum atomic E-state index is -0.171. The number of anilines is 1. The molecule has 7 nitrogen and oxygen atoms in total. The number of rotatable bonds is 2. The number of benzene rings is 2. The monoisotopic (exact) mass is 385 g/mol. The molecule has 6 rings (SSSR count). The third-order valence-corrected chi connectivity index (χ3v) is 6.03. The molecule has 4 heterocycles. The highest BCUT2D eigenvalue weighted by Gasteiger charge is 2.41. The van der Waals surface area contributed by atoms with E-state index in [-0.39, 0.29) is 17.7 Å². The maximum Gasteiger partial charge on any atom is 0.256 e. The Kier molecular flexibility index (Phi) is 3.35. The Hall–Kier alpha value is -3.61. The summed E-state index contributed by atoms with van der Waals surface area (Å²) >= 11 is 0. The van der Waals surface area contributed by atoms with Crippen LogP contribution >= 0.6 is 0 Å². The number of carbonyl (C=O) groups is 2. The highest BCUT2D eigenvalue weighted by molar-refractivity contribution is 6.08. The lowest BCUT2D eigenvalue weighted by Crippen LogP contribution is -2.56. The smallest absolute Gasteiger partial charge is 0.256 e. The first-order chi connectivity index (χ1) is 14.2. The van der Waals surface area contributed by atoms with Gasteiger partial charge in [0.25, 0.3) is 5.91 Å². The first-order valence-corrected chi connectivity index (χ1v) is 9.83. The Morgan fingerprint density at radius 2 is 1.79 bits per heavy atom. The molecular weight excluding hydrogens is 366 g/mol. The third-order valence-electron chi connectivity index (χ3n) is 6.03. The van der Waals surface area contributed by atoms with E-state index in [9.17, 15) is 9.59 Å². The number of hydrogen-bond acceptors (Lipinski definition) is 3. The lowest BCUT2D eigenvalue weighted by atomic mass is 9.97. The lowest BCUT2D eigenvalue weighted by Gasteiger charge is -2.39. The number of aromatic nitrogens is 3. The summed E-state index contributed by atoms with van der Waals surface area (Å²) in [4.78, 5) is 37.2.